The summed E-state index contributed by atoms with van der Waals surface area (Å²) in [4.78, 5) is 30.7. The van der Waals surface area contributed by atoms with Crippen LogP contribution >= 0.6 is 15.9 Å². The molecule has 0 radical (unpaired) electrons. The normalized spacial score (nSPS) is 11.2. The molecule has 152 valence electrons. The Balaban J connectivity index is 2.15. The van der Waals surface area contributed by atoms with E-state index in [-0.39, 0.29) is 28.5 Å². The van der Waals surface area contributed by atoms with Crippen LogP contribution in [-0.4, -0.2) is 27.8 Å². The van der Waals surface area contributed by atoms with Crippen molar-refractivity contribution in [2.24, 2.45) is 16.6 Å². The second-order valence-electron chi connectivity index (χ2n) is 6.06. The summed E-state index contributed by atoms with van der Waals surface area (Å²) < 4.78 is 14.4. The van der Waals surface area contributed by atoms with E-state index in [1.54, 1.807) is 12.1 Å². The highest BCUT2D eigenvalue weighted by molar-refractivity contribution is 9.10. The number of amides is 2. The zero-order valence-corrected chi connectivity index (χ0v) is 16.9. The SMILES string of the molecule is NC(=O)c1cc(F)ccc1N(C(=O)c1ccc(/C(N)=N/O)cc1)c1ccc(Br)cn1. The molecule has 3 rings (SSSR count). The second-order valence-corrected chi connectivity index (χ2v) is 6.98. The molecule has 0 atom stereocenters. The minimum atomic E-state index is -0.901. The lowest BCUT2D eigenvalue weighted by atomic mass is 10.1. The van der Waals surface area contributed by atoms with Crippen LogP contribution in [0.4, 0.5) is 15.9 Å². The molecule has 8 nitrogen and oxygen atoms in total. The summed E-state index contributed by atoms with van der Waals surface area (Å²) in [5, 5.41) is 11.7. The molecule has 3 aromatic rings. The van der Waals surface area contributed by atoms with Crippen molar-refractivity contribution in [3.63, 3.8) is 0 Å². The molecule has 0 unspecified atom stereocenters. The Morgan fingerprint density at radius 1 is 1.03 bits per heavy atom. The van der Waals surface area contributed by atoms with Gasteiger partial charge in [0.2, 0.25) is 0 Å². The Labute approximate surface area is 178 Å². The summed E-state index contributed by atoms with van der Waals surface area (Å²) >= 11 is 3.28. The van der Waals surface area contributed by atoms with Crippen LogP contribution in [-0.2, 0) is 0 Å². The van der Waals surface area contributed by atoms with Gasteiger partial charge in [-0.05, 0) is 58.4 Å². The second kappa shape index (κ2) is 8.70. The number of hydrogen-bond donors (Lipinski definition) is 3. The fourth-order valence-corrected chi connectivity index (χ4v) is 2.94. The highest BCUT2D eigenvalue weighted by Crippen LogP contribution is 2.30. The predicted molar refractivity (Wildman–Crippen MR) is 112 cm³/mol. The smallest absolute Gasteiger partial charge is 0.264 e. The van der Waals surface area contributed by atoms with E-state index < -0.39 is 17.6 Å². The Morgan fingerprint density at radius 2 is 1.70 bits per heavy atom. The Hall–Kier alpha value is -3.79. The molecule has 0 bridgehead atoms. The summed E-state index contributed by atoms with van der Waals surface area (Å²) in [6.07, 6.45) is 1.48. The summed E-state index contributed by atoms with van der Waals surface area (Å²) in [6.45, 7) is 0. The average molecular weight is 472 g/mol. The van der Waals surface area contributed by atoms with E-state index in [2.05, 4.69) is 26.1 Å². The number of benzene rings is 2. The van der Waals surface area contributed by atoms with Gasteiger partial charge in [0.15, 0.2) is 5.84 Å². The summed E-state index contributed by atoms with van der Waals surface area (Å²) in [6, 6.07) is 12.5. The van der Waals surface area contributed by atoms with E-state index in [9.17, 15) is 14.0 Å². The van der Waals surface area contributed by atoms with Crippen molar-refractivity contribution in [1.29, 1.82) is 0 Å². The number of nitrogens with zero attached hydrogens (tertiary/aromatic N) is 3. The number of carbonyl (C=O) groups excluding carboxylic acids is 2. The Kier molecular flexibility index (Phi) is 6.07. The van der Waals surface area contributed by atoms with Gasteiger partial charge in [0.05, 0.1) is 11.3 Å². The van der Waals surface area contributed by atoms with Crippen LogP contribution in [0.2, 0.25) is 0 Å². The Morgan fingerprint density at radius 3 is 2.27 bits per heavy atom. The number of primary amides is 1. The van der Waals surface area contributed by atoms with Gasteiger partial charge in [0.25, 0.3) is 11.8 Å². The van der Waals surface area contributed by atoms with Crippen molar-refractivity contribution in [2.45, 2.75) is 0 Å². The maximum atomic E-state index is 13.7. The number of amidine groups is 1. The largest absolute Gasteiger partial charge is 0.409 e. The lowest BCUT2D eigenvalue weighted by Crippen LogP contribution is -2.29. The van der Waals surface area contributed by atoms with Crippen molar-refractivity contribution in [3.8, 4) is 0 Å². The average Bonchev–Trinajstić information content (AvgIpc) is 2.75. The van der Waals surface area contributed by atoms with Gasteiger partial charge in [0, 0.05) is 21.8 Å². The van der Waals surface area contributed by atoms with Crippen molar-refractivity contribution >= 4 is 45.1 Å². The van der Waals surface area contributed by atoms with Crippen LogP contribution in [0, 0.1) is 5.82 Å². The molecule has 30 heavy (non-hydrogen) atoms. The topological polar surface area (TPSA) is 135 Å². The quantitative estimate of drug-likeness (QED) is 0.227. The number of carbonyl (C=O) groups is 2. The maximum Gasteiger partial charge on any atom is 0.264 e. The third-order valence-corrected chi connectivity index (χ3v) is 4.61. The monoisotopic (exact) mass is 471 g/mol. The zero-order valence-electron chi connectivity index (χ0n) is 15.3. The van der Waals surface area contributed by atoms with Crippen LogP contribution in [0.15, 0.2) is 70.4 Å². The summed E-state index contributed by atoms with van der Waals surface area (Å²) in [7, 11) is 0. The van der Waals surface area contributed by atoms with Crippen molar-refractivity contribution in [1.82, 2.24) is 4.98 Å². The highest BCUT2D eigenvalue weighted by atomic mass is 79.9. The Bertz CT molecular complexity index is 1130. The molecule has 0 aliphatic heterocycles. The first kappa shape index (κ1) is 20.9. The number of halogens is 2. The standard InChI is InChI=1S/C20H15BrFN5O3/c21-13-5-8-17(25-10-13)27(16-7-6-14(22)9-15(16)19(24)28)20(29)12-3-1-11(2-4-12)18(23)26-30/h1-10,30H,(H2,23,26)(H2,24,28). The first-order valence-corrected chi connectivity index (χ1v) is 9.24. The number of aromatic nitrogens is 1. The number of anilines is 2. The molecule has 10 heteroatoms. The van der Waals surface area contributed by atoms with Gasteiger partial charge >= 0.3 is 0 Å². The summed E-state index contributed by atoms with van der Waals surface area (Å²) in [5.74, 6) is -2.05. The molecular formula is C20H15BrFN5O3. The van der Waals surface area contributed by atoms with E-state index in [0.29, 0.717) is 10.0 Å². The number of rotatable bonds is 5. The maximum absolute atomic E-state index is 13.7. The van der Waals surface area contributed by atoms with Crippen LogP contribution in [0.25, 0.3) is 0 Å². The molecule has 1 aromatic heterocycles. The van der Waals surface area contributed by atoms with E-state index >= 15 is 0 Å². The predicted octanol–water partition coefficient (Wildman–Crippen LogP) is 3.16. The number of oxime groups is 1. The van der Waals surface area contributed by atoms with Crippen LogP contribution < -0.4 is 16.4 Å². The third kappa shape index (κ3) is 4.28. The van der Waals surface area contributed by atoms with Gasteiger partial charge in [0.1, 0.15) is 11.6 Å². The molecule has 0 aliphatic carbocycles. The molecule has 0 saturated carbocycles. The van der Waals surface area contributed by atoms with Crippen molar-refractivity contribution < 1.29 is 19.2 Å². The van der Waals surface area contributed by atoms with Gasteiger partial charge < -0.3 is 16.7 Å². The van der Waals surface area contributed by atoms with E-state index in [1.165, 1.54) is 36.5 Å². The molecule has 0 fully saturated rings. The van der Waals surface area contributed by atoms with E-state index in [0.717, 1.165) is 17.0 Å². The lowest BCUT2D eigenvalue weighted by Gasteiger charge is -2.24. The molecule has 0 aliphatic rings. The molecule has 2 amide bonds. The van der Waals surface area contributed by atoms with Crippen LogP contribution in [0.5, 0.6) is 0 Å². The lowest BCUT2D eigenvalue weighted by molar-refractivity contribution is 0.0998. The molecular weight excluding hydrogens is 457 g/mol. The van der Waals surface area contributed by atoms with E-state index in [4.69, 9.17) is 16.7 Å². The minimum absolute atomic E-state index is 0.0734. The van der Waals surface area contributed by atoms with Gasteiger partial charge in [-0.25, -0.2) is 9.37 Å². The van der Waals surface area contributed by atoms with Crippen LogP contribution in [0.3, 0.4) is 0 Å². The van der Waals surface area contributed by atoms with Gasteiger partial charge in [-0.1, -0.05) is 17.3 Å². The molecule has 5 N–H and O–H groups in total. The van der Waals surface area contributed by atoms with Gasteiger partial charge in [-0.2, -0.15) is 0 Å². The van der Waals surface area contributed by atoms with Crippen molar-refractivity contribution in [2.75, 3.05) is 4.90 Å². The number of pyridine rings is 1. The minimum Gasteiger partial charge on any atom is -0.409 e. The fourth-order valence-electron chi connectivity index (χ4n) is 2.71. The van der Waals surface area contributed by atoms with Gasteiger partial charge in [-0.3, -0.25) is 14.5 Å². The highest BCUT2D eigenvalue weighted by Gasteiger charge is 2.25. The van der Waals surface area contributed by atoms with Crippen molar-refractivity contribution in [3.05, 3.63) is 87.8 Å². The first-order valence-electron chi connectivity index (χ1n) is 8.45. The molecule has 0 spiro atoms. The number of nitrogens with two attached hydrogens (primary N) is 2. The third-order valence-electron chi connectivity index (χ3n) is 4.14. The first-order chi connectivity index (χ1) is 14.3. The number of hydrogen-bond acceptors (Lipinski definition) is 5. The molecule has 1 heterocycles. The van der Waals surface area contributed by atoms with E-state index in [1.807, 2.05) is 0 Å². The fraction of sp³-hybridized carbons (Fsp3) is 0. The van der Waals surface area contributed by atoms with Gasteiger partial charge in [-0.15, -0.1) is 0 Å². The molecule has 0 saturated heterocycles. The zero-order chi connectivity index (χ0) is 21.8. The summed E-state index contributed by atoms with van der Waals surface area (Å²) in [5.41, 5.74) is 11.5. The van der Waals surface area contributed by atoms with Crippen LogP contribution in [0.1, 0.15) is 26.3 Å². The molecule has 2 aromatic carbocycles.